The number of aromatic amines is 1. The molecule has 0 aliphatic heterocycles. The monoisotopic (exact) mass is 325 g/mol. The molecule has 0 saturated carbocycles. The van der Waals surface area contributed by atoms with Gasteiger partial charge in [0.25, 0.3) is 5.76 Å². The van der Waals surface area contributed by atoms with Gasteiger partial charge in [-0.25, -0.2) is 4.79 Å². The second-order valence-corrected chi connectivity index (χ2v) is 5.49. The van der Waals surface area contributed by atoms with Crippen LogP contribution in [0.3, 0.4) is 0 Å². The van der Waals surface area contributed by atoms with Gasteiger partial charge in [0, 0.05) is 28.4 Å². The molecule has 0 atom stereocenters. The molecule has 0 unspecified atom stereocenters. The molecule has 4 nitrogen and oxygen atoms in total. The number of thioether (sulfide) groups is 1. The maximum atomic E-state index is 12.5. The van der Waals surface area contributed by atoms with Gasteiger partial charge in [0.1, 0.15) is 12.2 Å². The highest BCUT2D eigenvalue weighted by molar-refractivity contribution is 7.99. The second-order valence-electron chi connectivity index (χ2n) is 4.46. The smallest absolute Gasteiger partial charge is 0.343 e. The predicted molar refractivity (Wildman–Crippen MR) is 79.2 cm³/mol. The molecule has 0 amide bonds. The Morgan fingerprint density at radius 3 is 2.77 bits per heavy atom. The number of ether oxygens (including phenoxy) is 1. The minimum absolute atomic E-state index is 0.121. The summed E-state index contributed by atoms with van der Waals surface area (Å²) in [5.74, 6) is -3.35. The van der Waals surface area contributed by atoms with Crippen molar-refractivity contribution in [2.24, 2.45) is 0 Å². The number of aryl methyl sites for hydroxylation is 1. The molecule has 2 aromatic rings. The zero-order chi connectivity index (χ0) is 16.1. The molecular weight excluding hydrogens is 312 g/mol. The van der Waals surface area contributed by atoms with Gasteiger partial charge in [0.05, 0.1) is 0 Å². The van der Waals surface area contributed by atoms with Gasteiger partial charge in [-0.3, -0.25) is 4.79 Å². The summed E-state index contributed by atoms with van der Waals surface area (Å²) < 4.78 is 30.0. The van der Waals surface area contributed by atoms with Gasteiger partial charge in [-0.15, -0.1) is 0 Å². The first-order valence-corrected chi connectivity index (χ1v) is 7.24. The number of esters is 1. The number of aromatic nitrogens is 1. The van der Waals surface area contributed by atoms with Crippen LogP contribution >= 0.6 is 11.8 Å². The zero-order valence-electron chi connectivity index (χ0n) is 11.6. The highest BCUT2D eigenvalue weighted by atomic mass is 32.2. The van der Waals surface area contributed by atoms with Crippen LogP contribution in [0.5, 0.6) is 0 Å². The average molecular weight is 325 g/mol. The van der Waals surface area contributed by atoms with Gasteiger partial charge in [0.2, 0.25) is 0 Å². The van der Waals surface area contributed by atoms with Crippen LogP contribution in [-0.4, -0.2) is 16.7 Å². The van der Waals surface area contributed by atoms with E-state index in [-0.39, 0.29) is 12.2 Å². The van der Waals surface area contributed by atoms with Crippen molar-refractivity contribution in [1.82, 2.24) is 4.98 Å². The molecule has 0 bridgehead atoms. The Kier molecular flexibility index (Phi) is 5.32. The quantitative estimate of drug-likeness (QED) is 0.676. The van der Waals surface area contributed by atoms with E-state index in [1.165, 1.54) is 18.3 Å². The van der Waals surface area contributed by atoms with Crippen LogP contribution < -0.4 is 5.43 Å². The van der Waals surface area contributed by atoms with Crippen molar-refractivity contribution in [3.63, 3.8) is 0 Å². The van der Waals surface area contributed by atoms with E-state index in [2.05, 4.69) is 4.98 Å². The minimum Gasteiger partial charge on any atom is -0.457 e. The van der Waals surface area contributed by atoms with Gasteiger partial charge in [-0.2, -0.15) is 8.78 Å². The number of halogens is 2. The van der Waals surface area contributed by atoms with E-state index in [0.29, 0.717) is 27.9 Å². The van der Waals surface area contributed by atoms with Crippen molar-refractivity contribution in [3.8, 4) is 0 Å². The number of alkyl halides is 2. The number of hydrogen-bond acceptors (Lipinski definition) is 4. The fourth-order valence-corrected chi connectivity index (χ4v) is 2.42. The van der Waals surface area contributed by atoms with Crippen molar-refractivity contribution in [2.45, 2.75) is 24.2 Å². The van der Waals surface area contributed by atoms with Crippen LogP contribution in [-0.2, 0) is 11.3 Å². The molecule has 116 valence electrons. The van der Waals surface area contributed by atoms with Crippen LogP contribution in [0.4, 0.5) is 8.78 Å². The van der Waals surface area contributed by atoms with E-state index in [0.717, 1.165) is 0 Å². The van der Waals surface area contributed by atoms with Crippen LogP contribution in [0.25, 0.3) is 0 Å². The minimum atomic E-state index is -2.56. The number of carbonyl (C=O) groups is 1. The summed E-state index contributed by atoms with van der Waals surface area (Å²) in [4.78, 5) is 26.7. The molecule has 0 fully saturated rings. The van der Waals surface area contributed by atoms with Crippen LogP contribution in [0.15, 0.2) is 46.2 Å². The predicted octanol–water partition coefficient (Wildman–Crippen LogP) is 3.36. The lowest BCUT2D eigenvalue weighted by molar-refractivity contribution is 0.0468. The molecule has 0 aliphatic rings. The summed E-state index contributed by atoms with van der Waals surface area (Å²) in [6, 6.07) is 7.70. The number of benzene rings is 1. The Labute approximate surface area is 129 Å². The maximum Gasteiger partial charge on any atom is 0.343 e. The number of pyridine rings is 1. The van der Waals surface area contributed by atoms with E-state index in [1.54, 1.807) is 25.1 Å². The molecule has 1 heterocycles. The van der Waals surface area contributed by atoms with Gasteiger partial charge in [0.15, 0.2) is 5.43 Å². The summed E-state index contributed by atoms with van der Waals surface area (Å²) in [7, 11) is 0. The SMILES string of the molecule is Cc1cc(=O)c(C(=O)OCc2ccccc2SC(F)F)c[nH]1. The highest BCUT2D eigenvalue weighted by Gasteiger charge is 2.14. The Morgan fingerprint density at radius 1 is 1.36 bits per heavy atom. The van der Waals surface area contributed by atoms with Crippen molar-refractivity contribution in [3.05, 3.63) is 63.6 Å². The van der Waals surface area contributed by atoms with Crippen molar-refractivity contribution in [2.75, 3.05) is 0 Å². The Balaban J connectivity index is 2.10. The summed E-state index contributed by atoms with van der Waals surface area (Å²) in [6.45, 7) is 1.51. The number of carbonyl (C=O) groups excluding carboxylic acids is 1. The van der Waals surface area contributed by atoms with E-state index in [9.17, 15) is 18.4 Å². The summed E-state index contributed by atoms with van der Waals surface area (Å²) in [5, 5.41) is 0. The van der Waals surface area contributed by atoms with E-state index >= 15 is 0 Å². The molecule has 7 heteroatoms. The Bertz CT molecular complexity index is 731. The molecule has 2 rings (SSSR count). The maximum absolute atomic E-state index is 12.5. The third kappa shape index (κ3) is 4.17. The largest absolute Gasteiger partial charge is 0.457 e. The molecule has 0 radical (unpaired) electrons. The standard InChI is InChI=1S/C15H13F2NO3S/c1-9-6-12(19)11(7-18-9)14(20)21-8-10-4-2-3-5-13(10)22-15(16)17/h2-7,15H,8H2,1H3,(H,18,19). The Hall–Kier alpha value is -2.15. The summed E-state index contributed by atoms with van der Waals surface area (Å²) >= 11 is 0.385. The molecule has 22 heavy (non-hydrogen) atoms. The number of hydrogen-bond donors (Lipinski definition) is 1. The van der Waals surface area contributed by atoms with Crippen LogP contribution in [0.1, 0.15) is 21.6 Å². The van der Waals surface area contributed by atoms with Gasteiger partial charge in [-0.1, -0.05) is 30.0 Å². The topological polar surface area (TPSA) is 59.2 Å². The summed E-state index contributed by atoms with van der Waals surface area (Å²) in [5.41, 5.74) is 0.519. The zero-order valence-corrected chi connectivity index (χ0v) is 12.5. The normalized spacial score (nSPS) is 10.7. The van der Waals surface area contributed by atoms with Gasteiger partial charge >= 0.3 is 5.97 Å². The molecule has 0 aliphatic carbocycles. The first-order chi connectivity index (χ1) is 10.5. The number of H-pyrrole nitrogens is 1. The van der Waals surface area contributed by atoms with Crippen molar-refractivity contribution >= 4 is 17.7 Å². The fourth-order valence-electron chi connectivity index (χ4n) is 1.79. The van der Waals surface area contributed by atoms with Crippen LogP contribution in [0, 0.1) is 6.92 Å². The Morgan fingerprint density at radius 2 is 2.09 bits per heavy atom. The third-order valence-electron chi connectivity index (χ3n) is 2.82. The van der Waals surface area contributed by atoms with Gasteiger partial charge in [-0.05, 0) is 13.0 Å². The van der Waals surface area contributed by atoms with E-state index in [1.807, 2.05) is 0 Å². The first kappa shape index (κ1) is 16.2. The lowest BCUT2D eigenvalue weighted by Gasteiger charge is -2.09. The third-order valence-corrected chi connectivity index (χ3v) is 3.65. The molecular formula is C15H13F2NO3S. The van der Waals surface area contributed by atoms with E-state index in [4.69, 9.17) is 4.74 Å². The molecule has 1 aromatic heterocycles. The lowest BCUT2D eigenvalue weighted by atomic mass is 10.2. The average Bonchev–Trinajstić information content (AvgIpc) is 2.45. The first-order valence-electron chi connectivity index (χ1n) is 6.36. The number of rotatable bonds is 5. The van der Waals surface area contributed by atoms with Crippen molar-refractivity contribution in [1.29, 1.82) is 0 Å². The fraction of sp³-hybridized carbons (Fsp3) is 0.200. The number of nitrogens with one attached hydrogen (secondary N) is 1. The van der Waals surface area contributed by atoms with Crippen molar-refractivity contribution < 1.29 is 18.3 Å². The second kappa shape index (κ2) is 7.22. The van der Waals surface area contributed by atoms with Gasteiger partial charge < -0.3 is 9.72 Å². The molecule has 0 saturated heterocycles. The molecule has 1 N–H and O–H groups in total. The van der Waals surface area contributed by atoms with E-state index < -0.39 is 17.2 Å². The lowest BCUT2D eigenvalue weighted by Crippen LogP contribution is -2.17. The summed E-state index contributed by atoms with van der Waals surface area (Å²) in [6.07, 6.45) is 1.28. The molecule has 0 spiro atoms. The van der Waals surface area contributed by atoms with Crippen LogP contribution in [0.2, 0.25) is 0 Å². The highest BCUT2D eigenvalue weighted by Crippen LogP contribution is 2.28. The molecule has 1 aromatic carbocycles.